The van der Waals surface area contributed by atoms with Crippen molar-refractivity contribution in [3.05, 3.63) is 48.0 Å². The normalized spacial score (nSPS) is 19.1. The molecule has 2 aromatic carbocycles. The summed E-state index contributed by atoms with van der Waals surface area (Å²) in [5.74, 6) is 0.690. The highest BCUT2D eigenvalue weighted by atomic mass is 32.2. The summed E-state index contributed by atoms with van der Waals surface area (Å²) in [4.78, 5) is 13.0. The van der Waals surface area contributed by atoms with E-state index in [2.05, 4.69) is 5.32 Å². The highest BCUT2D eigenvalue weighted by molar-refractivity contribution is 7.92. The molecule has 2 aliphatic rings. The molecule has 1 fully saturated rings. The fourth-order valence-corrected chi connectivity index (χ4v) is 5.44. The Hall–Kier alpha value is -2.74. The Balaban J connectivity index is 1.67. The lowest BCUT2D eigenvalue weighted by Gasteiger charge is -2.35. The highest BCUT2D eigenvalue weighted by Gasteiger charge is 2.38. The molecular formula is C22H26N2O5S. The molecule has 0 radical (unpaired) electrons. The van der Waals surface area contributed by atoms with Gasteiger partial charge in [-0.2, -0.15) is 0 Å². The topological polar surface area (TPSA) is 84.9 Å². The lowest BCUT2D eigenvalue weighted by molar-refractivity contribution is -0.128. The number of carbonyl (C=O) groups is 1. The lowest BCUT2D eigenvalue weighted by atomic mass is 10.1. The minimum Gasteiger partial charge on any atom is -0.497 e. The third-order valence-electron chi connectivity index (χ3n) is 5.63. The standard InChI is InChI=1S/C22H26N2O5S/c1-15-7-12-19-20(13-15)29-21(22(25)23-16-5-3-4-6-16)14-24(19)30(26,27)18-10-8-17(28-2)9-11-18/h7-13,16,21H,3-6,14H2,1-2H3,(H,23,25)/t21-/m0/s1. The molecular weight excluding hydrogens is 404 g/mol. The van der Waals surface area contributed by atoms with Gasteiger partial charge in [0.25, 0.3) is 15.9 Å². The first-order chi connectivity index (χ1) is 14.4. The highest BCUT2D eigenvalue weighted by Crippen LogP contribution is 2.38. The molecule has 0 unspecified atom stereocenters. The van der Waals surface area contributed by atoms with Gasteiger partial charge >= 0.3 is 0 Å². The summed E-state index contributed by atoms with van der Waals surface area (Å²) in [6, 6.07) is 11.7. The SMILES string of the molecule is COc1ccc(S(=O)(=O)N2C[C@@H](C(=O)NC3CCCC3)Oc3cc(C)ccc32)cc1. The van der Waals surface area contributed by atoms with Crippen LogP contribution in [0.1, 0.15) is 31.2 Å². The van der Waals surface area contributed by atoms with Gasteiger partial charge in [-0.15, -0.1) is 0 Å². The van der Waals surface area contributed by atoms with E-state index in [1.54, 1.807) is 24.3 Å². The van der Waals surface area contributed by atoms with E-state index in [4.69, 9.17) is 9.47 Å². The van der Waals surface area contributed by atoms with Gasteiger partial charge in [0.05, 0.1) is 24.2 Å². The van der Waals surface area contributed by atoms with Crippen LogP contribution in [0, 0.1) is 6.92 Å². The van der Waals surface area contributed by atoms with Gasteiger partial charge in [-0.25, -0.2) is 8.42 Å². The van der Waals surface area contributed by atoms with Crippen molar-refractivity contribution < 1.29 is 22.7 Å². The van der Waals surface area contributed by atoms with Gasteiger partial charge in [0, 0.05) is 6.04 Å². The molecule has 0 spiro atoms. The van der Waals surface area contributed by atoms with Crippen LogP contribution in [-0.4, -0.2) is 40.1 Å². The fourth-order valence-electron chi connectivity index (χ4n) is 3.96. The molecule has 4 rings (SSSR count). The maximum absolute atomic E-state index is 13.4. The minimum atomic E-state index is -3.89. The Bertz CT molecular complexity index is 1030. The monoisotopic (exact) mass is 430 g/mol. The van der Waals surface area contributed by atoms with E-state index < -0.39 is 16.1 Å². The third-order valence-corrected chi connectivity index (χ3v) is 7.42. The second-order valence-corrected chi connectivity index (χ2v) is 9.64. The maximum atomic E-state index is 13.4. The zero-order chi connectivity index (χ0) is 21.3. The number of nitrogens with zero attached hydrogens (tertiary/aromatic N) is 1. The third kappa shape index (κ3) is 3.96. The van der Waals surface area contributed by atoms with Crippen LogP contribution < -0.4 is 19.1 Å². The Morgan fingerprint density at radius 3 is 2.50 bits per heavy atom. The number of carbonyl (C=O) groups excluding carboxylic acids is 1. The maximum Gasteiger partial charge on any atom is 0.264 e. The number of methoxy groups -OCH3 is 1. The van der Waals surface area contributed by atoms with Gasteiger partial charge in [-0.05, 0) is 61.7 Å². The number of rotatable bonds is 5. The lowest BCUT2D eigenvalue weighted by Crippen LogP contribution is -2.52. The van der Waals surface area contributed by atoms with Crippen molar-refractivity contribution in [2.24, 2.45) is 0 Å². The molecule has 160 valence electrons. The van der Waals surface area contributed by atoms with E-state index in [0.717, 1.165) is 31.2 Å². The van der Waals surface area contributed by atoms with E-state index in [0.29, 0.717) is 17.2 Å². The average Bonchev–Trinajstić information content (AvgIpc) is 3.25. The molecule has 1 atom stereocenters. The molecule has 7 nitrogen and oxygen atoms in total. The van der Waals surface area contributed by atoms with Crippen LogP contribution in [-0.2, 0) is 14.8 Å². The van der Waals surface area contributed by atoms with Gasteiger partial charge in [-0.1, -0.05) is 18.9 Å². The van der Waals surface area contributed by atoms with Gasteiger partial charge in [0.2, 0.25) is 0 Å². The van der Waals surface area contributed by atoms with E-state index >= 15 is 0 Å². The van der Waals surface area contributed by atoms with E-state index in [1.807, 2.05) is 13.0 Å². The van der Waals surface area contributed by atoms with Crippen molar-refractivity contribution in [3.8, 4) is 11.5 Å². The van der Waals surface area contributed by atoms with E-state index in [9.17, 15) is 13.2 Å². The Morgan fingerprint density at radius 1 is 1.13 bits per heavy atom. The number of aryl methyl sites for hydroxylation is 1. The molecule has 1 heterocycles. The number of hydrogen-bond acceptors (Lipinski definition) is 5. The molecule has 0 aromatic heterocycles. The molecule has 1 amide bonds. The molecule has 2 aromatic rings. The van der Waals surface area contributed by atoms with Crippen molar-refractivity contribution >= 4 is 21.6 Å². The van der Waals surface area contributed by atoms with E-state index in [-0.39, 0.29) is 23.4 Å². The number of hydrogen-bond donors (Lipinski definition) is 1. The number of benzene rings is 2. The van der Waals surface area contributed by atoms with Gasteiger partial charge < -0.3 is 14.8 Å². The summed E-state index contributed by atoms with van der Waals surface area (Å²) in [5.41, 5.74) is 1.36. The Morgan fingerprint density at radius 2 is 1.83 bits per heavy atom. The van der Waals surface area contributed by atoms with Crippen molar-refractivity contribution in [2.45, 2.75) is 49.6 Å². The molecule has 1 aliphatic heterocycles. The zero-order valence-electron chi connectivity index (χ0n) is 17.1. The largest absolute Gasteiger partial charge is 0.497 e. The summed E-state index contributed by atoms with van der Waals surface area (Å²) in [5, 5.41) is 3.02. The second-order valence-electron chi connectivity index (χ2n) is 7.78. The van der Waals surface area contributed by atoms with Crippen LogP contribution in [0.2, 0.25) is 0 Å². The summed E-state index contributed by atoms with van der Waals surface area (Å²) in [6.07, 6.45) is 3.17. The predicted molar refractivity (Wildman–Crippen MR) is 114 cm³/mol. The first-order valence-corrected chi connectivity index (χ1v) is 11.6. The average molecular weight is 431 g/mol. The molecule has 1 N–H and O–H groups in total. The van der Waals surface area contributed by atoms with Crippen molar-refractivity contribution in [1.82, 2.24) is 5.32 Å². The van der Waals surface area contributed by atoms with Crippen molar-refractivity contribution in [2.75, 3.05) is 18.0 Å². The van der Waals surface area contributed by atoms with Gasteiger partial charge in [0.15, 0.2) is 6.10 Å². The van der Waals surface area contributed by atoms with Crippen LogP contribution in [0.3, 0.4) is 0 Å². The fraction of sp³-hybridized carbons (Fsp3) is 0.409. The van der Waals surface area contributed by atoms with Crippen molar-refractivity contribution in [1.29, 1.82) is 0 Å². The predicted octanol–water partition coefficient (Wildman–Crippen LogP) is 3.02. The number of fused-ring (bicyclic) bond motifs is 1. The number of ether oxygens (including phenoxy) is 2. The van der Waals surface area contributed by atoms with Crippen LogP contribution in [0.15, 0.2) is 47.4 Å². The van der Waals surface area contributed by atoms with Crippen LogP contribution >= 0.6 is 0 Å². The second kappa shape index (κ2) is 8.18. The number of sulfonamides is 1. The molecule has 0 saturated heterocycles. The molecule has 8 heteroatoms. The minimum absolute atomic E-state index is 0.0804. The summed E-state index contributed by atoms with van der Waals surface area (Å²) >= 11 is 0. The van der Waals surface area contributed by atoms with Crippen molar-refractivity contribution in [3.63, 3.8) is 0 Å². The Labute approximate surface area is 177 Å². The van der Waals surface area contributed by atoms with Crippen LogP contribution in [0.5, 0.6) is 11.5 Å². The molecule has 1 aliphatic carbocycles. The number of nitrogens with one attached hydrogen (secondary N) is 1. The number of anilines is 1. The zero-order valence-corrected chi connectivity index (χ0v) is 17.9. The van der Waals surface area contributed by atoms with Crippen LogP contribution in [0.4, 0.5) is 5.69 Å². The summed E-state index contributed by atoms with van der Waals surface area (Å²) < 4.78 is 39.2. The molecule has 0 bridgehead atoms. The summed E-state index contributed by atoms with van der Waals surface area (Å²) in [7, 11) is -2.36. The molecule has 1 saturated carbocycles. The van der Waals surface area contributed by atoms with Crippen LogP contribution in [0.25, 0.3) is 0 Å². The first kappa shape index (κ1) is 20.5. The van der Waals surface area contributed by atoms with Gasteiger partial charge in [-0.3, -0.25) is 9.10 Å². The molecule has 30 heavy (non-hydrogen) atoms. The first-order valence-electron chi connectivity index (χ1n) is 10.1. The van der Waals surface area contributed by atoms with Gasteiger partial charge in [0.1, 0.15) is 11.5 Å². The summed E-state index contributed by atoms with van der Waals surface area (Å²) in [6.45, 7) is 1.82. The quantitative estimate of drug-likeness (QED) is 0.788. The smallest absolute Gasteiger partial charge is 0.264 e. The van der Waals surface area contributed by atoms with E-state index in [1.165, 1.54) is 23.5 Å². The number of amides is 1. The Kier molecular flexibility index (Phi) is 5.60.